The van der Waals surface area contributed by atoms with Gasteiger partial charge in [-0.1, -0.05) is 0 Å². The van der Waals surface area contributed by atoms with Crippen LogP contribution in [0.2, 0.25) is 0 Å². The average Bonchev–Trinajstić information content (AvgIpc) is 3.16. The number of benzene rings is 1. The van der Waals surface area contributed by atoms with Gasteiger partial charge < -0.3 is 19.4 Å². The van der Waals surface area contributed by atoms with Crippen LogP contribution in [0.15, 0.2) is 48.9 Å². The number of ether oxygens (including phenoxy) is 2. The Kier molecular flexibility index (Phi) is 5.95. The molecular formula is C20H19F3N4O3. The number of carbonyl (C=O) groups excluding carboxylic acids is 1. The van der Waals surface area contributed by atoms with Crippen molar-refractivity contribution in [3.8, 4) is 11.5 Å². The van der Waals surface area contributed by atoms with Crippen LogP contribution < -0.4 is 14.8 Å². The van der Waals surface area contributed by atoms with Crippen molar-refractivity contribution < 1.29 is 27.4 Å². The first-order valence-electron chi connectivity index (χ1n) is 8.77. The van der Waals surface area contributed by atoms with Crippen LogP contribution in [0.4, 0.5) is 13.2 Å². The highest BCUT2D eigenvalue weighted by Crippen LogP contribution is 2.30. The van der Waals surface area contributed by atoms with E-state index in [1.807, 2.05) is 0 Å². The number of imidazole rings is 1. The number of aromatic nitrogens is 3. The first-order valence-corrected chi connectivity index (χ1v) is 8.77. The van der Waals surface area contributed by atoms with E-state index in [4.69, 9.17) is 9.47 Å². The Morgan fingerprint density at radius 1 is 1.10 bits per heavy atom. The van der Waals surface area contributed by atoms with Crippen LogP contribution in [0.1, 0.15) is 33.5 Å². The third kappa shape index (κ3) is 4.53. The summed E-state index contributed by atoms with van der Waals surface area (Å²) in [6.45, 7) is 0. The molecule has 7 nitrogen and oxygen atoms in total. The number of nitrogens with one attached hydrogen (secondary N) is 1. The summed E-state index contributed by atoms with van der Waals surface area (Å²) in [7, 11) is 4.76. The second kappa shape index (κ2) is 8.44. The van der Waals surface area contributed by atoms with Crippen LogP contribution in [0.3, 0.4) is 0 Å². The fraction of sp³-hybridized carbons (Fsp3) is 0.250. The van der Waals surface area contributed by atoms with Gasteiger partial charge in [-0.3, -0.25) is 9.78 Å². The van der Waals surface area contributed by atoms with E-state index in [0.717, 1.165) is 18.3 Å². The maximum atomic E-state index is 12.8. The van der Waals surface area contributed by atoms with E-state index in [9.17, 15) is 18.0 Å². The minimum Gasteiger partial charge on any atom is -0.497 e. The van der Waals surface area contributed by atoms with Crippen molar-refractivity contribution in [1.82, 2.24) is 19.9 Å². The van der Waals surface area contributed by atoms with E-state index >= 15 is 0 Å². The zero-order valence-corrected chi connectivity index (χ0v) is 16.4. The van der Waals surface area contributed by atoms with Crippen LogP contribution in [0.5, 0.6) is 11.5 Å². The third-order valence-electron chi connectivity index (χ3n) is 4.42. The minimum absolute atomic E-state index is 0.0166. The molecule has 1 atom stereocenters. The van der Waals surface area contributed by atoms with Gasteiger partial charge in [0.15, 0.2) is 0 Å². The van der Waals surface area contributed by atoms with E-state index < -0.39 is 23.8 Å². The van der Waals surface area contributed by atoms with Crippen molar-refractivity contribution in [1.29, 1.82) is 0 Å². The lowest BCUT2D eigenvalue weighted by molar-refractivity contribution is -0.141. The number of amides is 1. The maximum absolute atomic E-state index is 12.8. The van der Waals surface area contributed by atoms with Crippen molar-refractivity contribution in [3.05, 3.63) is 71.6 Å². The number of rotatable bonds is 6. The molecule has 0 fully saturated rings. The Hall–Kier alpha value is -3.56. The molecule has 0 aliphatic carbocycles. The molecule has 0 aliphatic heterocycles. The van der Waals surface area contributed by atoms with Crippen molar-refractivity contribution in [2.45, 2.75) is 12.2 Å². The van der Waals surface area contributed by atoms with E-state index in [1.165, 1.54) is 14.2 Å². The number of methoxy groups -OCH3 is 2. The molecule has 158 valence electrons. The summed E-state index contributed by atoms with van der Waals surface area (Å²) in [4.78, 5) is 20.4. The lowest BCUT2D eigenvalue weighted by atomic mass is 10.0. The summed E-state index contributed by atoms with van der Waals surface area (Å²) in [6.07, 6.45) is -0.404. The molecule has 10 heteroatoms. The van der Waals surface area contributed by atoms with E-state index in [-0.39, 0.29) is 5.56 Å². The van der Waals surface area contributed by atoms with Crippen LogP contribution in [-0.4, -0.2) is 34.7 Å². The molecule has 0 saturated carbocycles. The standard InChI is InChI=1S/C20H19F3N4O3/c1-27-7-6-24-18(27)17(13-8-14(29-2)10-15(9-13)30-3)26-19(28)12-4-5-16(25-11-12)20(21,22)23/h4-11,17H,1-3H3,(H,26,28). The summed E-state index contributed by atoms with van der Waals surface area (Å²) in [5.41, 5.74) is -0.469. The van der Waals surface area contributed by atoms with Crippen LogP contribution in [0, 0.1) is 0 Å². The number of carbonyl (C=O) groups is 1. The van der Waals surface area contributed by atoms with Gasteiger partial charge in [0.2, 0.25) is 0 Å². The SMILES string of the molecule is COc1cc(OC)cc(C(NC(=O)c2ccc(C(F)(F)F)nc2)c2nccn2C)c1. The van der Waals surface area contributed by atoms with Crippen molar-refractivity contribution in [3.63, 3.8) is 0 Å². The lowest BCUT2D eigenvalue weighted by Crippen LogP contribution is -2.31. The molecule has 2 heterocycles. The van der Waals surface area contributed by atoms with Crippen molar-refractivity contribution in [2.75, 3.05) is 14.2 Å². The number of alkyl halides is 3. The zero-order chi connectivity index (χ0) is 21.9. The summed E-state index contributed by atoms with van der Waals surface area (Å²) < 4.78 is 50.5. The minimum atomic E-state index is -4.58. The zero-order valence-electron chi connectivity index (χ0n) is 16.4. The van der Waals surface area contributed by atoms with Gasteiger partial charge >= 0.3 is 6.18 Å². The fourth-order valence-corrected chi connectivity index (χ4v) is 2.86. The Morgan fingerprint density at radius 2 is 1.77 bits per heavy atom. The molecule has 1 amide bonds. The number of halogens is 3. The summed E-state index contributed by atoms with van der Waals surface area (Å²) >= 11 is 0. The summed E-state index contributed by atoms with van der Waals surface area (Å²) in [6, 6.07) is 6.23. The van der Waals surface area contributed by atoms with Crippen molar-refractivity contribution in [2.24, 2.45) is 7.05 Å². The molecular weight excluding hydrogens is 401 g/mol. The van der Waals surface area contributed by atoms with Crippen LogP contribution in [0.25, 0.3) is 0 Å². The molecule has 1 unspecified atom stereocenters. The predicted octanol–water partition coefficient (Wildman–Crippen LogP) is 3.37. The van der Waals surface area contributed by atoms with Crippen molar-refractivity contribution >= 4 is 5.91 Å². The molecule has 0 bridgehead atoms. The lowest BCUT2D eigenvalue weighted by Gasteiger charge is -2.20. The topological polar surface area (TPSA) is 78.3 Å². The normalized spacial score (nSPS) is 12.3. The van der Waals surface area contributed by atoms with E-state index in [1.54, 1.807) is 42.2 Å². The molecule has 1 aromatic carbocycles. The molecule has 3 aromatic rings. The molecule has 2 aromatic heterocycles. The fourth-order valence-electron chi connectivity index (χ4n) is 2.86. The van der Waals surface area contributed by atoms with Gasteiger partial charge in [0.25, 0.3) is 5.91 Å². The molecule has 3 rings (SSSR count). The summed E-state index contributed by atoms with van der Waals surface area (Å²) in [5, 5.41) is 2.80. The monoisotopic (exact) mass is 420 g/mol. The summed E-state index contributed by atoms with van der Waals surface area (Å²) in [5.74, 6) is 0.924. The number of hydrogen-bond acceptors (Lipinski definition) is 5. The highest BCUT2D eigenvalue weighted by Gasteiger charge is 2.32. The second-order valence-corrected chi connectivity index (χ2v) is 6.38. The van der Waals surface area contributed by atoms with E-state index in [0.29, 0.717) is 22.9 Å². The molecule has 0 radical (unpaired) electrons. The number of hydrogen-bond donors (Lipinski definition) is 1. The first-order chi connectivity index (χ1) is 14.2. The highest BCUT2D eigenvalue weighted by molar-refractivity contribution is 5.94. The molecule has 0 saturated heterocycles. The molecule has 0 spiro atoms. The number of pyridine rings is 1. The molecule has 30 heavy (non-hydrogen) atoms. The third-order valence-corrected chi connectivity index (χ3v) is 4.42. The Balaban J connectivity index is 1.97. The molecule has 1 N–H and O–H groups in total. The second-order valence-electron chi connectivity index (χ2n) is 6.38. The quantitative estimate of drug-likeness (QED) is 0.662. The Morgan fingerprint density at radius 3 is 2.23 bits per heavy atom. The van der Waals surface area contributed by atoms with Gasteiger partial charge in [0.1, 0.15) is 29.1 Å². The number of aryl methyl sites for hydroxylation is 1. The van der Waals surface area contributed by atoms with E-state index in [2.05, 4.69) is 15.3 Å². The Bertz CT molecular complexity index is 1010. The van der Waals surface area contributed by atoms with Crippen LogP contribution in [-0.2, 0) is 13.2 Å². The van der Waals surface area contributed by atoms with Gasteiger partial charge in [-0.2, -0.15) is 13.2 Å². The van der Waals surface area contributed by atoms with Gasteiger partial charge in [-0.15, -0.1) is 0 Å². The number of nitrogens with zero attached hydrogens (tertiary/aromatic N) is 3. The molecule has 0 aliphatic rings. The van der Waals surface area contributed by atoms with Crippen LogP contribution >= 0.6 is 0 Å². The largest absolute Gasteiger partial charge is 0.497 e. The van der Waals surface area contributed by atoms with Gasteiger partial charge in [-0.25, -0.2) is 4.98 Å². The van der Waals surface area contributed by atoms with Gasteiger partial charge in [0, 0.05) is 31.7 Å². The highest BCUT2D eigenvalue weighted by atomic mass is 19.4. The smallest absolute Gasteiger partial charge is 0.433 e. The Labute approximate surface area is 170 Å². The van der Waals surface area contributed by atoms with Gasteiger partial charge in [-0.05, 0) is 29.8 Å². The first kappa shape index (κ1) is 21.2. The predicted molar refractivity (Wildman–Crippen MR) is 101 cm³/mol. The maximum Gasteiger partial charge on any atom is 0.433 e. The van der Waals surface area contributed by atoms with Gasteiger partial charge in [0.05, 0.1) is 19.8 Å². The average molecular weight is 420 g/mol.